The van der Waals surface area contributed by atoms with E-state index >= 15 is 0 Å². The van der Waals surface area contributed by atoms with E-state index in [1.807, 2.05) is 0 Å². The van der Waals surface area contributed by atoms with Crippen LogP contribution < -0.4 is 4.74 Å². The molecule has 0 spiro atoms. The highest BCUT2D eigenvalue weighted by Gasteiger charge is 2.05. The van der Waals surface area contributed by atoms with Crippen LogP contribution in [0, 0.1) is 5.82 Å². The van der Waals surface area contributed by atoms with Gasteiger partial charge in [0.05, 0.1) is 11.6 Å². The van der Waals surface area contributed by atoms with Crippen LogP contribution in [-0.4, -0.2) is 12.6 Å². The molecule has 23 heavy (non-hydrogen) atoms. The van der Waals surface area contributed by atoms with Crippen LogP contribution in [0.3, 0.4) is 0 Å². The summed E-state index contributed by atoms with van der Waals surface area (Å²) in [6.07, 6.45) is 2.93. The maximum atomic E-state index is 13.5. The van der Waals surface area contributed by atoms with Crippen molar-refractivity contribution in [2.24, 2.45) is 0 Å². The lowest BCUT2D eigenvalue weighted by Crippen LogP contribution is -1.99. The lowest BCUT2D eigenvalue weighted by molar-refractivity contribution is -0.137. The molecule has 0 heterocycles. The molecule has 0 unspecified atom stereocenters. The summed E-state index contributed by atoms with van der Waals surface area (Å²) in [6.45, 7) is 2.15. The van der Waals surface area contributed by atoms with Crippen molar-refractivity contribution in [3.8, 4) is 5.75 Å². The second-order valence-corrected chi connectivity index (χ2v) is 5.06. The fourth-order valence-corrected chi connectivity index (χ4v) is 2.11. The summed E-state index contributed by atoms with van der Waals surface area (Å²) >= 11 is 6.14. The third kappa shape index (κ3) is 5.11. The first-order valence-electron chi connectivity index (χ1n) is 7.10. The van der Waals surface area contributed by atoms with E-state index in [4.69, 9.17) is 21.1 Å². The van der Waals surface area contributed by atoms with Crippen molar-refractivity contribution in [3.05, 3.63) is 70.5 Å². The lowest BCUT2D eigenvalue weighted by atomic mass is 10.2. The Morgan fingerprint density at radius 2 is 2.04 bits per heavy atom. The molecule has 0 amide bonds. The largest absolute Gasteiger partial charge is 0.487 e. The number of hydrogen-bond acceptors (Lipinski definition) is 3. The van der Waals surface area contributed by atoms with Crippen LogP contribution >= 0.6 is 11.6 Å². The lowest BCUT2D eigenvalue weighted by Gasteiger charge is -2.09. The third-order valence-electron chi connectivity index (χ3n) is 3.00. The Kier molecular flexibility index (Phi) is 6.18. The van der Waals surface area contributed by atoms with Crippen LogP contribution in [0.4, 0.5) is 4.39 Å². The van der Waals surface area contributed by atoms with E-state index in [0.29, 0.717) is 22.9 Å². The molecule has 2 aromatic carbocycles. The zero-order chi connectivity index (χ0) is 16.7. The first-order chi connectivity index (χ1) is 11.1. The Labute approximate surface area is 139 Å². The summed E-state index contributed by atoms with van der Waals surface area (Å²) in [5.41, 5.74) is 1.19. The molecule has 0 N–H and O–H groups in total. The van der Waals surface area contributed by atoms with Gasteiger partial charge in [-0.2, -0.15) is 0 Å². The van der Waals surface area contributed by atoms with Crippen molar-refractivity contribution in [1.82, 2.24) is 0 Å². The molecule has 0 radical (unpaired) electrons. The molecule has 2 aromatic rings. The molecule has 0 aliphatic carbocycles. The number of carbonyl (C=O) groups excluding carboxylic acids is 1. The van der Waals surface area contributed by atoms with Gasteiger partial charge in [0, 0.05) is 11.6 Å². The Balaban J connectivity index is 2.02. The Bertz CT molecular complexity index is 713. The van der Waals surface area contributed by atoms with E-state index < -0.39 is 5.97 Å². The highest BCUT2D eigenvalue weighted by atomic mass is 35.5. The van der Waals surface area contributed by atoms with Crippen LogP contribution in [-0.2, 0) is 16.1 Å². The maximum absolute atomic E-state index is 13.5. The van der Waals surface area contributed by atoms with Gasteiger partial charge in [0.15, 0.2) is 0 Å². The fourth-order valence-electron chi connectivity index (χ4n) is 1.86. The molecule has 5 heteroatoms. The summed E-state index contributed by atoms with van der Waals surface area (Å²) in [4.78, 5) is 11.3. The molecule has 120 valence electrons. The molecule has 0 aliphatic heterocycles. The van der Waals surface area contributed by atoms with E-state index in [-0.39, 0.29) is 12.4 Å². The van der Waals surface area contributed by atoms with Gasteiger partial charge in [-0.05, 0) is 36.8 Å². The fraction of sp³-hybridized carbons (Fsp3) is 0.167. The molecule has 0 saturated carbocycles. The number of rotatable bonds is 6. The van der Waals surface area contributed by atoms with E-state index in [1.165, 1.54) is 12.1 Å². The Morgan fingerprint density at radius 1 is 1.26 bits per heavy atom. The number of hydrogen-bond donors (Lipinski definition) is 0. The topological polar surface area (TPSA) is 35.5 Å². The van der Waals surface area contributed by atoms with Crippen LogP contribution in [0.5, 0.6) is 5.75 Å². The zero-order valence-electron chi connectivity index (χ0n) is 12.6. The van der Waals surface area contributed by atoms with Gasteiger partial charge < -0.3 is 9.47 Å². The normalized spacial score (nSPS) is 10.7. The predicted molar refractivity (Wildman–Crippen MR) is 87.9 cm³/mol. The van der Waals surface area contributed by atoms with Gasteiger partial charge in [-0.3, -0.25) is 0 Å². The van der Waals surface area contributed by atoms with E-state index in [1.54, 1.807) is 49.4 Å². The van der Waals surface area contributed by atoms with E-state index in [9.17, 15) is 9.18 Å². The number of ether oxygens (including phenoxy) is 2. The molecule has 0 saturated heterocycles. The Hall–Kier alpha value is -2.33. The highest BCUT2D eigenvalue weighted by molar-refractivity contribution is 6.32. The first kappa shape index (κ1) is 17.0. The van der Waals surface area contributed by atoms with Gasteiger partial charge in [-0.25, -0.2) is 9.18 Å². The molecular formula is C18H16ClFO3. The van der Waals surface area contributed by atoms with Crippen LogP contribution in [0.25, 0.3) is 6.08 Å². The van der Waals surface area contributed by atoms with Gasteiger partial charge in [0.1, 0.15) is 18.2 Å². The predicted octanol–water partition coefficient (Wildman–Crippen LogP) is 4.63. The number of carbonyl (C=O) groups is 1. The SMILES string of the molecule is CCOC(=O)/C=C/c1ccc(OCc2ccccc2F)c(Cl)c1. The number of halogens is 2. The summed E-state index contributed by atoms with van der Waals surface area (Å²) < 4.78 is 23.9. The average molecular weight is 335 g/mol. The first-order valence-corrected chi connectivity index (χ1v) is 7.48. The number of benzene rings is 2. The van der Waals surface area contributed by atoms with Gasteiger partial charge in [0.2, 0.25) is 0 Å². The van der Waals surface area contributed by atoms with E-state index in [0.717, 1.165) is 5.56 Å². The maximum Gasteiger partial charge on any atom is 0.330 e. The van der Waals surface area contributed by atoms with Crippen LogP contribution in [0.15, 0.2) is 48.5 Å². The van der Waals surface area contributed by atoms with Crippen LogP contribution in [0.1, 0.15) is 18.1 Å². The summed E-state index contributed by atoms with van der Waals surface area (Å²) in [7, 11) is 0. The van der Waals surface area contributed by atoms with Crippen molar-refractivity contribution in [3.63, 3.8) is 0 Å². The minimum Gasteiger partial charge on any atom is -0.487 e. The minimum absolute atomic E-state index is 0.0877. The van der Waals surface area contributed by atoms with Crippen molar-refractivity contribution >= 4 is 23.6 Å². The van der Waals surface area contributed by atoms with Crippen molar-refractivity contribution < 1.29 is 18.7 Å². The standard InChI is InChI=1S/C18H16ClFO3/c1-2-22-18(21)10-8-13-7-9-17(15(19)11-13)23-12-14-5-3-4-6-16(14)20/h3-11H,2,12H2,1H3/b10-8+. The van der Waals surface area contributed by atoms with Crippen LogP contribution in [0.2, 0.25) is 5.02 Å². The molecular weight excluding hydrogens is 319 g/mol. The molecule has 0 bridgehead atoms. The van der Waals surface area contributed by atoms with Gasteiger partial charge in [0.25, 0.3) is 0 Å². The van der Waals surface area contributed by atoms with Crippen molar-refractivity contribution in [1.29, 1.82) is 0 Å². The van der Waals surface area contributed by atoms with Crippen molar-refractivity contribution in [2.75, 3.05) is 6.61 Å². The second kappa shape index (κ2) is 8.34. The highest BCUT2D eigenvalue weighted by Crippen LogP contribution is 2.27. The summed E-state index contributed by atoms with van der Waals surface area (Å²) in [5, 5.41) is 0.382. The number of esters is 1. The Morgan fingerprint density at radius 3 is 2.74 bits per heavy atom. The van der Waals surface area contributed by atoms with Crippen molar-refractivity contribution in [2.45, 2.75) is 13.5 Å². The molecule has 0 aliphatic rings. The summed E-state index contributed by atoms with van der Waals surface area (Å²) in [6, 6.07) is 11.5. The summed E-state index contributed by atoms with van der Waals surface area (Å²) in [5.74, 6) is -0.288. The quantitative estimate of drug-likeness (QED) is 0.570. The van der Waals surface area contributed by atoms with Gasteiger partial charge in [-0.1, -0.05) is 35.9 Å². The monoisotopic (exact) mass is 334 g/mol. The third-order valence-corrected chi connectivity index (χ3v) is 3.29. The molecule has 2 rings (SSSR count). The van der Waals surface area contributed by atoms with Gasteiger partial charge in [-0.15, -0.1) is 0 Å². The smallest absolute Gasteiger partial charge is 0.330 e. The minimum atomic E-state index is -0.413. The molecule has 3 nitrogen and oxygen atoms in total. The average Bonchev–Trinajstić information content (AvgIpc) is 2.54. The second-order valence-electron chi connectivity index (χ2n) is 4.66. The van der Waals surface area contributed by atoms with E-state index in [2.05, 4.69) is 0 Å². The molecule has 0 atom stereocenters. The molecule has 0 fully saturated rings. The van der Waals surface area contributed by atoms with Gasteiger partial charge >= 0.3 is 5.97 Å². The molecule has 0 aromatic heterocycles. The zero-order valence-corrected chi connectivity index (χ0v) is 13.3.